The Balaban J connectivity index is 1.27. The largest absolute Gasteiger partial charge is 0.356 e. The molecule has 7 nitrogen and oxygen atoms in total. The zero-order valence-electron chi connectivity index (χ0n) is 15.7. The Kier molecular flexibility index (Phi) is 7.82. The van der Waals surface area contributed by atoms with E-state index in [0.717, 1.165) is 69.4 Å². The third kappa shape index (κ3) is 6.02. The van der Waals surface area contributed by atoms with Crippen molar-refractivity contribution in [3.8, 4) is 0 Å². The minimum absolute atomic E-state index is 0.749. The molecule has 0 saturated carbocycles. The fourth-order valence-electron chi connectivity index (χ4n) is 3.37. The maximum atomic E-state index is 4.34. The van der Waals surface area contributed by atoms with E-state index in [-0.39, 0.29) is 0 Å². The summed E-state index contributed by atoms with van der Waals surface area (Å²) in [6.07, 6.45) is 7.43. The number of piperazine rings is 1. The van der Waals surface area contributed by atoms with E-state index in [0.29, 0.717) is 0 Å². The van der Waals surface area contributed by atoms with Crippen LogP contribution in [0.15, 0.2) is 23.5 Å². The summed E-state index contributed by atoms with van der Waals surface area (Å²) in [4.78, 5) is 17.8. The first-order valence-electron chi connectivity index (χ1n) is 9.65. The Labute approximate surface area is 161 Å². The van der Waals surface area contributed by atoms with E-state index in [1.165, 1.54) is 18.6 Å². The SMILES string of the molecule is CN=C(NCCCN1CCN(c2ncccn2)CC1)NCC1CCCS1. The van der Waals surface area contributed by atoms with E-state index in [9.17, 15) is 0 Å². The monoisotopic (exact) mass is 377 g/mol. The number of anilines is 1. The maximum Gasteiger partial charge on any atom is 0.225 e. The van der Waals surface area contributed by atoms with Crippen molar-refractivity contribution in [2.45, 2.75) is 24.5 Å². The van der Waals surface area contributed by atoms with Gasteiger partial charge < -0.3 is 15.5 Å². The highest BCUT2D eigenvalue weighted by Crippen LogP contribution is 2.25. The molecule has 2 N–H and O–H groups in total. The summed E-state index contributed by atoms with van der Waals surface area (Å²) in [6.45, 7) is 7.24. The first kappa shape index (κ1) is 19.2. The van der Waals surface area contributed by atoms with Crippen molar-refractivity contribution < 1.29 is 0 Å². The fraction of sp³-hybridized carbons (Fsp3) is 0.722. The molecule has 1 atom stereocenters. The average molecular weight is 378 g/mol. The van der Waals surface area contributed by atoms with Crippen LogP contribution in [0, 0.1) is 0 Å². The van der Waals surface area contributed by atoms with Crippen LogP contribution in [0.1, 0.15) is 19.3 Å². The van der Waals surface area contributed by atoms with Crippen LogP contribution in [0.2, 0.25) is 0 Å². The quantitative estimate of drug-likeness (QED) is 0.418. The van der Waals surface area contributed by atoms with E-state index in [4.69, 9.17) is 0 Å². The highest BCUT2D eigenvalue weighted by Gasteiger charge is 2.18. The Morgan fingerprint density at radius 3 is 2.73 bits per heavy atom. The number of rotatable bonds is 7. The molecule has 1 aromatic heterocycles. The summed E-state index contributed by atoms with van der Waals surface area (Å²) < 4.78 is 0. The van der Waals surface area contributed by atoms with Crippen LogP contribution >= 0.6 is 11.8 Å². The van der Waals surface area contributed by atoms with Crippen LogP contribution in [0.25, 0.3) is 0 Å². The third-order valence-electron chi connectivity index (χ3n) is 4.90. The fourth-order valence-corrected chi connectivity index (χ4v) is 4.57. The van der Waals surface area contributed by atoms with Crippen LogP contribution in [-0.2, 0) is 0 Å². The molecule has 26 heavy (non-hydrogen) atoms. The molecule has 1 aromatic rings. The second-order valence-electron chi connectivity index (χ2n) is 6.75. The maximum absolute atomic E-state index is 4.34. The zero-order valence-corrected chi connectivity index (χ0v) is 16.5. The molecule has 0 radical (unpaired) electrons. The van der Waals surface area contributed by atoms with Crippen LogP contribution in [0.5, 0.6) is 0 Å². The molecule has 0 spiro atoms. The van der Waals surface area contributed by atoms with Gasteiger partial charge in [0.1, 0.15) is 0 Å². The molecule has 0 bridgehead atoms. The van der Waals surface area contributed by atoms with Crippen molar-refractivity contribution in [2.75, 3.05) is 63.5 Å². The van der Waals surface area contributed by atoms with Crippen LogP contribution in [0.3, 0.4) is 0 Å². The Morgan fingerprint density at radius 1 is 1.23 bits per heavy atom. The summed E-state index contributed by atoms with van der Waals surface area (Å²) in [6, 6.07) is 1.86. The van der Waals surface area contributed by atoms with E-state index in [1.807, 2.05) is 25.5 Å². The molecular weight excluding hydrogens is 346 g/mol. The van der Waals surface area contributed by atoms with Gasteiger partial charge in [0.15, 0.2) is 5.96 Å². The second kappa shape index (κ2) is 10.6. The first-order valence-corrected chi connectivity index (χ1v) is 10.7. The smallest absolute Gasteiger partial charge is 0.225 e. The van der Waals surface area contributed by atoms with Gasteiger partial charge in [0, 0.05) is 64.0 Å². The zero-order chi connectivity index (χ0) is 18.0. The number of aromatic nitrogens is 2. The minimum Gasteiger partial charge on any atom is -0.356 e. The van der Waals surface area contributed by atoms with Gasteiger partial charge >= 0.3 is 0 Å². The van der Waals surface area contributed by atoms with Crippen molar-refractivity contribution >= 4 is 23.7 Å². The number of guanidine groups is 1. The first-order chi connectivity index (χ1) is 12.8. The number of nitrogens with zero attached hydrogens (tertiary/aromatic N) is 5. The molecule has 2 saturated heterocycles. The van der Waals surface area contributed by atoms with Gasteiger partial charge in [0.25, 0.3) is 0 Å². The molecule has 144 valence electrons. The van der Waals surface area contributed by atoms with Crippen molar-refractivity contribution in [1.29, 1.82) is 0 Å². The molecule has 1 unspecified atom stereocenters. The van der Waals surface area contributed by atoms with E-state index in [2.05, 4.69) is 47.2 Å². The van der Waals surface area contributed by atoms with Crippen molar-refractivity contribution in [3.05, 3.63) is 18.5 Å². The summed E-state index contributed by atoms with van der Waals surface area (Å²) in [5.41, 5.74) is 0. The van der Waals surface area contributed by atoms with Gasteiger partial charge in [0.05, 0.1) is 0 Å². The molecule has 0 aliphatic carbocycles. The van der Waals surface area contributed by atoms with E-state index >= 15 is 0 Å². The molecule has 2 aliphatic heterocycles. The van der Waals surface area contributed by atoms with Gasteiger partial charge in [-0.1, -0.05) is 0 Å². The third-order valence-corrected chi connectivity index (χ3v) is 6.29. The Morgan fingerprint density at radius 2 is 2.04 bits per heavy atom. The van der Waals surface area contributed by atoms with Crippen LogP contribution in [0.4, 0.5) is 5.95 Å². The molecule has 3 rings (SSSR count). The lowest BCUT2D eigenvalue weighted by molar-refractivity contribution is 0.254. The number of thioether (sulfide) groups is 1. The van der Waals surface area contributed by atoms with Gasteiger partial charge in [-0.15, -0.1) is 0 Å². The summed E-state index contributed by atoms with van der Waals surface area (Å²) >= 11 is 2.08. The van der Waals surface area contributed by atoms with Crippen molar-refractivity contribution in [3.63, 3.8) is 0 Å². The Bertz CT molecular complexity index is 540. The highest BCUT2D eigenvalue weighted by atomic mass is 32.2. The molecule has 0 aromatic carbocycles. The molecule has 2 fully saturated rings. The number of nitrogens with one attached hydrogen (secondary N) is 2. The predicted octanol–water partition coefficient (Wildman–Crippen LogP) is 1.05. The molecule has 2 aliphatic rings. The second-order valence-corrected chi connectivity index (χ2v) is 8.15. The van der Waals surface area contributed by atoms with Crippen LogP contribution < -0.4 is 15.5 Å². The standard InChI is InChI=1S/C18H31N7S/c1-19-17(23-15-16-5-2-14-26-16)20-8-4-9-24-10-12-25(13-11-24)18-21-6-3-7-22-18/h3,6-7,16H,2,4-5,8-15H2,1H3,(H2,19,20,23). The topological polar surface area (TPSA) is 68.7 Å². The normalized spacial score (nSPS) is 21.8. The van der Waals surface area contributed by atoms with Crippen LogP contribution in [-0.4, -0.2) is 84.7 Å². The lowest BCUT2D eigenvalue weighted by atomic mass is 10.2. The molecular formula is C18H31N7S. The summed E-state index contributed by atoms with van der Waals surface area (Å²) in [5.74, 6) is 3.09. The molecule has 8 heteroatoms. The van der Waals surface area contributed by atoms with Gasteiger partial charge in [-0.25, -0.2) is 9.97 Å². The van der Waals surface area contributed by atoms with E-state index < -0.39 is 0 Å². The lowest BCUT2D eigenvalue weighted by Gasteiger charge is -2.34. The van der Waals surface area contributed by atoms with Gasteiger partial charge in [-0.3, -0.25) is 9.89 Å². The van der Waals surface area contributed by atoms with Crippen molar-refractivity contribution in [1.82, 2.24) is 25.5 Å². The van der Waals surface area contributed by atoms with Gasteiger partial charge in [-0.05, 0) is 37.6 Å². The number of aliphatic imine (C=N–C) groups is 1. The summed E-state index contributed by atoms with van der Waals surface area (Å²) in [7, 11) is 1.85. The Hall–Kier alpha value is -1.54. The van der Waals surface area contributed by atoms with E-state index in [1.54, 1.807) is 0 Å². The molecule has 0 amide bonds. The number of hydrogen-bond acceptors (Lipinski definition) is 6. The average Bonchev–Trinajstić information content (AvgIpc) is 3.22. The summed E-state index contributed by atoms with van der Waals surface area (Å²) in [5, 5.41) is 7.65. The molecule has 3 heterocycles. The van der Waals surface area contributed by atoms with Gasteiger partial charge in [0.2, 0.25) is 5.95 Å². The van der Waals surface area contributed by atoms with Gasteiger partial charge in [-0.2, -0.15) is 11.8 Å². The van der Waals surface area contributed by atoms with Crippen molar-refractivity contribution in [2.24, 2.45) is 4.99 Å². The lowest BCUT2D eigenvalue weighted by Crippen LogP contribution is -2.47. The predicted molar refractivity (Wildman–Crippen MR) is 110 cm³/mol. The number of hydrogen-bond donors (Lipinski definition) is 2. The minimum atomic E-state index is 0.749. The highest BCUT2D eigenvalue weighted by molar-refractivity contribution is 8.00.